The molecule has 1 aromatic carbocycles. The third kappa shape index (κ3) is 3.01. The van der Waals surface area contributed by atoms with Gasteiger partial charge in [0.15, 0.2) is 0 Å². The molecule has 1 fully saturated rings. The van der Waals surface area contributed by atoms with Crippen LogP contribution in [0.15, 0.2) is 18.2 Å². The Balaban J connectivity index is 1.68. The van der Waals surface area contributed by atoms with Crippen molar-refractivity contribution in [1.82, 2.24) is 10.2 Å². The molecule has 1 heterocycles. The van der Waals surface area contributed by atoms with Gasteiger partial charge >= 0.3 is 0 Å². The second-order valence-electron chi connectivity index (χ2n) is 6.06. The molecule has 1 saturated carbocycles. The molecule has 1 aliphatic carbocycles. The summed E-state index contributed by atoms with van der Waals surface area (Å²) in [5.41, 5.74) is 4.50. The van der Waals surface area contributed by atoms with Crippen LogP contribution < -0.4 is 5.32 Å². The minimum absolute atomic E-state index is 0.824. The maximum absolute atomic E-state index is 3.43. The number of hydrogen-bond donors (Lipinski definition) is 1. The molecule has 2 aliphatic rings. The highest BCUT2D eigenvalue weighted by Gasteiger charge is 2.20. The summed E-state index contributed by atoms with van der Waals surface area (Å²) in [6.07, 6.45) is 7.10. The Morgan fingerprint density at radius 1 is 1.11 bits per heavy atom. The average Bonchev–Trinajstić information content (AvgIpc) is 2.93. The lowest BCUT2D eigenvalue weighted by Gasteiger charge is -2.33. The van der Waals surface area contributed by atoms with Gasteiger partial charge in [-0.25, -0.2) is 0 Å². The van der Waals surface area contributed by atoms with Crippen molar-refractivity contribution in [3.8, 4) is 0 Å². The van der Waals surface area contributed by atoms with Crippen molar-refractivity contribution in [3.63, 3.8) is 0 Å². The molecular weight excluding hydrogens is 232 g/mol. The maximum atomic E-state index is 3.43. The molecule has 1 aliphatic heterocycles. The highest BCUT2D eigenvalue weighted by atomic mass is 15.1. The minimum atomic E-state index is 0.824. The van der Waals surface area contributed by atoms with E-state index in [1.165, 1.54) is 55.3 Å². The summed E-state index contributed by atoms with van der Waals surface area (Å²) in [6, 6.07) is 7.89. The van der Waals surface area contributed by atoms with Gasteiger partial charge in [-0.05, 0) is 36.1 Å². The van der Waals surface area contributed by atoms with Crippen LogP contribution in [0.2, 0.25) is 0 Å². The molecule has 1 aromatic rings. The fourth-order valence-electron chi connectivity index (χ4n) is 3.63. The van der Waals surface area contributed by atoms with E-state index in [0.29, 0.717) is 0 Å². The Morgan fingerprint density at radius 2 is 1.89 bits per heavy atom. The Labute approximate surface area is 117 Å². The van der Waals surface area contributed by atoms with E-state index < -0.39 is 0 Å². The first-order valence-electron chi connectivity index (χ1n) is 7.92. The van der Waals surface area contributed by atoms with Gasteiger partial charge in [-0.3, -0.25) is 4.90 Å². The third-order valence-corrected chi connectivity index (χ3v) is 4.78. The quantitative estimate of drug-likeness (QED) is 0.890. The first kappa shape index (κ1) is 13.1. The largest absolute Gasteiger partial charge is 0.309 e. The van der Waals surface area contributed by atoms with Crippen LogP contribution in [0.4, 0.5) is 0 Å². The monoisotopic (exact) mass is 258 g/mol. The van der Waals surface area contributed by atoms with Crippen molar-refractivity contribution in [2.24, 2.45) is 0 Å². The van der Waals surface area contributed by atoms with Crippen molar-refractivity contribution >= 4 is 0 Å². The van der Waals surface area contributed by atoms with Gasteiger partial charge in [-0.15, -0.1) is 0 Å². The van der Waals surface area contributed by atoms with Crippen LogP contribution in [0.1, 0.15) is 55.7 Å². The fraction of sp³-hybridized carbons (Fsp3) is 0.647. The van der Waals surface area contributed by atoms with Gasteiger partial charge in [0.05, 0.1) is 0 Å². The molecule has 0 bridgehead atoms. The number of hydrogen-bond acceptors (Lipinski definition) is 2. The van der Waals surface area contributed by atoms with Crippen LogP contribution in [0.5, 0.6) is 0 Å². The SMILES string of the molecule is CCN(Cc1ccc2c(c1)CNC2)C1CCCCC1. The molecule has 0 amide bonds. The van der Waals surface area contributed by atoms with Crippen LogP contribution in [-0.4, -0.2) is 17.5 Å². The molecular formula is C17H26N2. The second kappa shape index (κ2) is 6.06. The average molecular weight is 258 g/mol. The smallest absolute Gasteiger partial charge is 0.0236 e. The molecule has 19 heavy (non-hydrogen) atoms. The van der Waals surface area contributed by atoms with Crippen LogP contribution in [-0.2, 0) is 19.6 Å². The normalized spacial score (nSPS) is 19.9. The maximum Gasteiger partial charge on any atom is 0.0236 e. The van der Waals surface area contributed by atoms with Crippen LogP contribution in [0.25, 0.3) is 0 Å². The van der Waals surface area contributed by atoms with Crippen LogP contribution in [0.3, 0.4) is 0 Å². The van der Waals surface area contributed by atoms with Crippen molar-refractivity contribution in [3.05, 3.63) is 34.9 Å². The van der Waals surface area contributed by atoms with Crippen molar-refractivity contribution in [1.29, 1.82) is 0 Å². The zero-order chi connectivity index (χ0) is 13.1. The van der Waals surface area contributed by atoms with Crippen molar-refractivity contribution < 1.29 is 0 Å². The Hall–Kier alpha value is -0.860. The summed E-state index contributed by atoms with van der Waals surface area (Å²) in [5, 5.41) is 3.43. The molecule has 1 N–H and O–H groups in total. The highest BCUT2D eigenvalue weighted by Crippen LogP contribution is 2.25. The van der Waals surface area contributed by atoms with Gasteiger partial charge in [0, 0.05) is 25.7 Å². The molecule has 0 atom stereocenters. The number of benzene rings is 1. The summed E-state index contributed by atoms with van der Waals surface area (Å²) in [5.74, 6) is 0. The van der Waals surface area contributed by atoms with Gasteiger partial charge in [0.1, 0.15) is 0 Å². The van der Waals surface area contributed by atoms with E-state index in [1.807, 2.05) is 0 Å². The lowest BCUT2D eigenvalue weighted by molar-refractivity contribution is 0.156. The molecule has 2 heteroatoms. The number of nitrogens with zero attached hydrogens (tertiary/aromatic N) is 1. The highest BCUT2D eigenvalue weighted by molar-refractivity contribution is 5.34. The van der Waals surface area contributed by atoms with Crippen LogP contribution in [0, 0.1) is 0 Å². The molecule has 0 unspecified atom stereocenters. The Morgan fingerprint density at radius 3 is 2.68 bits per heavy atom. The van der Waals surface area contributed by atoms with Crippen molar-refractivity contribution in [2.75, 3.05) is 6.54 Å². The molecule has 0 spiro atoms. The third-order valence-electron chi connectivity index (χ3n) is 4.78. The topological polar surface area (TPSA) is 15.3 Å². The second-order valence-corrected chi connectivity index (χ2v) is 6.06. The predicted octanol–water partition coefficient (Wildman–Crippen LogP) is 3.44. The summed E-state index contributed by atoms with van der Waals surface area (Å²) < 4.78 is 0. The summed E-state index contributed by atoms with van der Waals surface area (Å²) in [7, 11) is 0. The zero-order valence-electron chi connectivity index (χ0n) is 12.1. The van der Waals surface area contributed by atoms with E-state index in [4.69, 9.17) is 0 Å². The van der Waals surface area contributed by atoms with Gasteiger partial charge in [-0.1, -0.05) is 44.4 Å². The molecule has 0 aromatic heterocycles. The first-order chi connectivity index (χ1) is 9.36. The van der Waals surface area contributed by atoms with Gasteiger partial charge in [-0.2, -0.15) is 0 Å². The molecule has 0 radical (unpaired) electrons. The number of nitrogens with one attached hydrogen (secondary N) is 1. The molecule has 104 valence electrons. The Kier molecular flexibility index (Phi) is 4.19. The lowest BCUT2D eigenvalue weighted by Crippen LogP contribution is -2.36. The first-order valence-corrected chi connectivity index (χ1v) is 7.92. The lowest BCUT2D eigenvalue weighted by atomic mass is 9.93. The van der Waals surface area contributed by atoms with E-state index >= 15 is 0 Å². The minimum Gasteiger partial charge on any atom is -0.309 e. The van der Waals surface area contributed by atoms with Crippen molar-refractivity contribution in [2.45, 2.75) is 64.7 Å². The van der Waals surface area contributed by atoms with Gasteiger partial charge in [0.25, 0.3) is 0 Å². The van der Waals surface area contributed by atoms with Gasteiger partial charge < -0.3 is 5.32 Å². The van der Waals surface area contributed by atoms with E-state index in [-0.39, 0.29) is 0 Å². The van der Waals surface area contributed by atoms with Crippen LogP contribution >= 0.6 is 0 Å². The van der Waals surface area contributed by atoms with E-state index in [9.17, 15) is 0 Å². The summed E-state index contributed by atoms with van der Waals surface area (Å²) in [6.45, 7) is 6.73. The Bertz CT molecular complexity index is 421. The van der Waals surface area contributed by atoms with E-state index in [1.54, 1.807) is 0 Å². The van der Waals surface area contributed by atoms with E-state index in [0.717, 1.165) is 25.7 Å². The standard InChI is InChI=1S/C17H26N2/c1-2-19(17-6-4-3-5-7-17)13-14-8-9-15-11-18-12-16(15)10-14/h8-10,17-18H,2-7,11-13H2,1H3. The zero-order valence-corrected chi connectivity index (χ0v) is 12.1. The van der Waals surface area contributed by atoms with Gasteiger partial charge in [0.2, 0.25) is 0 Å². The summed E-state index contributed by atoms with van der Waals surface area (Å²) >= 11 is 0. The summed E-state index contributed by atoms with van der Waals surface area (Å²) in [4.78, 5) is 2.68. The molecule has 2 nitrogen and oxygen atoms in total. The molecule has 0 saturated heterocycles. The predicted molar refractivity (Wildman–Crippen MR) is 79.9 cm³/mol. The number of rotatable bonds is 4. The van der Waals surface area contributed by atoms with E-state index in [2.05, 4.69) is 35.3 Å². The fourth-order valence-corrected chi connectivity index (χ4v) is 3.63. The number of fused-ring (bicyclic) bond motifs is 1. The molecule has 3 rings (SSSR count).